The highest BCUT2D eigenvalue weighted by Crippen LogP contribution is 2.21. The molecule has 0 aliphatic rings. The number of nitrogen functional groups attached to an aromatic ring is 1. The molecule has 0 atom stereocenters. The Balaban J connectivity index is 2.05. The second-order valence-corrected chi connectivity index (χ2v) is 5.70. The number of carbonyl (C=O) groups excluding carboxylic acids is 1. The first kappa shape index (κ1) is 14.2. The summed E-state index contributed by atoms with van der Waals surface area (Å²) < 4.78 is 1.74. The number of rotatable bonds is 4. The zero-order valence-electron chi connectivity index (χ0n) is 12.2. The molecule has 0 aliphatic carbocycles. The van der Waals surface area contributed by atoms with Crippen molar-refractivity contribution in [3.63, 3.8) is 0 Å². The van der Waals surface area contributed by atoms with Gasteiger partial charge in [-0.05, 0) is 11.6 Å². The maximum Gasteiger partial charge on any atom is 0.268 e. The van der Waals surface area contributed by atoms with Crippen LogP contribution in [0.5, 0.6) is 0 Å². The molecule has 0 radical (unpaired) electrons. The standard InChI is InChI=1S/C16H21N3O/c1-16(2,12-7-5-4-6-8-12)11-18-15(20)14-9-13(17)10-19(14)3/h4-10H,11,17H2,1-3H3,(H,18,20). The van der Waals surface area contributed by atoms with E-state index in [-0.39, 0.29) is 11.3 Å². The quantitative estimate of drug-likeness (QED) is 0.896. The molecule has 4 heteroatoms. The fourth-order valence-corrected chi connectivity index (χ4v) is 2.20. The van der Waals surface area contributed by atoms with E-state index in [2.05, 4.69) is 31.3 Å². The van der Waals surface area contributed by atoms with Gasteiger partial charge >= 0.3 is 0 Å². The summed E-state index contributed by atoms with van der Waals surface area (Å²) in [4.78, 5) is 12.2. The number of nitrogens with zero attached hydrogens (tertiary/aromatic N) is 1. The number of aryl methyl sites for hydroxylation is 1. The zero-order valence-corrected chi connectivity index (χ0v) is 12.2. The molecule has 1 aromatic carbocycles. The van der Waals surface area contributed by atoms with Crippen LogP contribution in [-0.2, 0) is 12.5 Å². The summed E-state index contributed by atoms with van der Waals surface area (Å²) in [6.45, 7) is 4.80. The van der Waals surface area contributed by atoms with Crippen LogP contribution in [0.3, 0.4) is 0 Å². The van der Waals surface area contributed by atoms with Gasteiger partial charge in [0.15, 0.2) is 0 Å². The minimum absolute atomic E-state index is 0.104. The van der Waals surface area contributed by atoms with Crippen LogP contribution in [0.1, 0.15) is 29.9 Å². The molecule has 1 amide bonds. The lowest BCUT2D eigenvalue weighted by molar-refractivity contribution is 0.0937. The number of carbonyl (C=O) groups is 1. The molecular formula is C16H21N3O. The number of anilines is 1. The third-order valence-corrected chi connectivity index (χ3v) is 3.50. The Hall–Kier alpha value is -2.23. The number of hydrogen-bond acceptors (Lipinski definition) is 2. The molecule has 0 fully saturated rings. The van der Waals surface area contributed by atoms with Crippen LogP contribution in [0.4, 0.5) is 5.69 Å². The van der Waals surface area contributed by atoms with Crippen molar-refractivity contribution in [2.75, 3.05) is 12.3 Å². The summed E-state index contributed by atoms with van der Waals surface area (Å²) in [7, 11) is 1.81. The molecule has 0 bridgehead atoms. The van der Waals surface area contributed by atoms with Crippen LogP contribution >= 0.6 is 0 Å². The lowest BCUT2D eigenvalue weighted by atomic mass is 9.84. The van der Waals surface area contributed by atoms with Crippen molar-refractivity contribution in [1.82, 2.24) is 9.88 Å². The number of nitrogens with one attached hydrogen (secondary N) is 1. The summed E-state index contributed by atoms with van der Waals surface area (Å²) >= 11 is 0. The van der Waals surface area contributed by atoms with Gasteiger partial charge in [0, 0.05) is 25.2 Å². The number of amides is 1. The van der Waals surface area contributed by atoms with Gasteiger partial charge < -0.3 is 15.6 Å². The molecule has 1 heterocycles. The topological polar surface area (TPSA) is 60.0 Å². The minimum atomic E-state index is -0.117. The summed E-state index contributed by atoms with van der Waals surface area (Å²) in [5.41, 5.74) is 7.95. The van der Waals surface area contributed by atoms with Crippen LogP contribution in [0.15, 0.2) is 42.6 Å². The number of benzene rings is 1. The molecule has 2 aromatic rings. The molecule has 1 aromatic heterocycles. The molecular weight excluding hydrogens is 250 g/mol. The van der Waals surface area contributed by atoms with E-state index in [1.54, 1.807) is 16.8 Å². The third kappa shape index (κ3) is 3.02. The molecule has 4 nitrogen and oxygen atoms in total. The summed E-state index contributed by atoms with van der Waals surface area (Å²) in [5, 5.41) is 2.98. The third-order valence-electron chi connectivity index (χ3n) is 3.50. The second kappa shape index (κ2) is 5.41. The summed E-state index contributed by atoms with van der Waals surface area (Å²) in [5.74, 6) is -0.104. The molecule has 2 rings (SSSR count). The SMILES string of the molecule is Cn1cc(N)cc1C(=O)NCC(C)(C)c1ccccc1. The largest absolute Gasteiger partial charge is 0.397 e. The highest BCUT2D eigenvalue weighted by Gasteiger charge is 2.22. The molecule has 20 heavy (non-hydrogen) atoms. The number of nitrogens with two attached hydrogens (primary N) is 1. The number of aromatic nitrogens is 1. The predicted molar refractivity (Wildman–Crippen MR) is 81.6 cm³/mol. The molecule has 3 N–H and O–H groups in total. The van der Waals surface area contributed by atoms with Crippen LogP contribution in [-0.4, -0.2) is 17.0 Å². The van der Waals surface area contributed by atoms with Crippen molar-refractivity contribution in [3.05, 3.63) is 53.9 Å². The fourth-order valence-electron chi connectivity index (χ4n) is 2.20. The first-order valence-electron chi connectivity index (χ1n) is 6.66. The summed E-state index contributed by atoms with van der Waals surface area (Å²) in [6, 6.07) is 11.8. The Labute approximate surface area is 119 Å². The second-order valence-electron chi connectivity index (χ2n) is 5.70. The van der Waals surface area contributed by atoms with E-state index >= 15 is 0 Å². The molecule has 106 valence electrons. The Morgan fingerprint density at radius 3 is 2.50 bits per heavy atom. The zero-order chi connectivity index (χ0) is 14.8. The van der Waals surface area contributed by atoms with Crippen LogP contribution in [0.25, 0.3) is 0 Å². The van der Waals surface area contributed by atoms with Crippen LogP contribution in [0.2, 0.25) is 0 Å². The Bertz CT molecular complexity index is 599. The van der Waals surface area contributed by atoms with Gasteiger partial charge in [0.1, 0.15) is 5.69 Å². The van der Waals surface area contributed by atoms with E-state index in [1.165, 1.54) is 5.56 Å². The van der Waals surface area contributed by atoms with E-state index in [4.69, 9.17) is 5.73 Å². The highest BCUT2D eigenvalue weighted by molar-refractivity contribution is 5.93. The fraction of sp³-hybridized carbons (Fsp3) is 0.312. The molecule has 0 saturated heterocycles. The van der Waals surface area contributed by atoms with Crippen LogP contribution < -0.4 is 11.1 Å². The molecule has 0 spiro atoms. The summed E-state index contributed by atoms with van der Waals surface area (Å²) in [6.07, 6.45) is 1.73. The van der Waals surface area contributed by atoms with E-state index in [1.807, 2.05) is 25.2 Å². The lowest BCUT2D eigenvalue weighted by Gasteiger charge is -2.25. The first-order chi connectivity index (χ1) is 9.40. The van der Waals surface area contributed by atoms with Crippen molar-refractivity contribution < 1.29 is 4.79 Å². The van der Waals surface area contributed by atoms with Gasteiger partial charge in [-0.2, -0.15) is 0 Å². The lowest BCUT2D eigenvalue weighted by Crippen LogP contribution is -2.37. The minimum Gasteiger partial charge on any atom is -0.397 e. The highest BCUT2D eigenvalue weighted by atomic mass is 16.1. The van der Waals surface area contributed by atoms with Gasteiger partial charge in [0.25, 0.3) is 5.91 Å². The Morgan fingerprint density at radius 2 is 1.95 bits per heavy atom. The van der Waals surface area contributed by atoms with E-state index in [0.717, 1.165) is 0 Å². The van der Waals surface area contributed by atoms with Crippen LogP contribution in [0, 0.1) is 0 Å². The van der Waals surface area contributed by atoms with Gasteiger partial charge in [0.05, 0.1) is 5.69 Å². The Kier molecular flexibility index (Phi) is 3.84. The van der Waals surface area contributed by atoms with Crippen molar-refractivity contribution in [3.8, 4) is 0 Å². The van der Waals surface area contributed by atoms with Gasteiger partial charge in [-0.3, -0.25) is 4.79 Å². The Morgan fingerprint density at radius 1 is 1.30 bits per heavy atom. The maximum absolute atomic E-state index is 12.2. The van der Waals surface area contributed by atoms with Gasteiger partial charge in [-0.25, -0.2) is 0 Å². The normalized spacial score (nSPS) is 11.3. The predicted octanol–water partition coefficient (Wildman–Crippen LogP) is 2.31. The van der Waals surface area contributed by atoms with Gasteiger partial charge in [0.2, 0.25) is 0 Å². The van der Waals surface area contributed by atoms with Crippen molar-refractivity contribution >= 4 is 11.6 Å². The average Bonchev–Trinajstić information content (AvgIpc) is 2.76. The van der Waals surface area contributed by atoms with Crippen molar-refractivity contribution in [1.29, 1.82) is 0 Å². The van der Waals surface area contributed by atoms with E-state index in [9.17, 15) is 4.79 Å². The van der Waals surface area contributed by atoms with Crippen molar-refractivity contribution in [2.24, 2.45) is 7.05 Å². The smallest absolute Gasteiger partial charge is 0.268 e. The molecule has 0 saturated carbocycles. The first-order valence-corrected chi connectivity index (χ1v) is 6.66. The average molecular weight is 271 g/mol. The molecule has 0 aliphatic heterocycles. The van der Waals surface area contributed by atoms with Gasteiger partial charge in [-0.15, -0.1) is 0 Å². The maximum atomic E-state index is 12.2. The van der Waals surface area contributed by atoms with E-state index < -0.39 is 0 Å². The number of hydrogen-bond donors (Lipinski definition) is 2. The van der Waals surface area contributed by atoms with E-state index in [0.29, 0.717) is 17.9 Å². The monoisotopic (exact) mass is 271 g/mol. The van der Waals surface area contributed by atoms with Gasteiger partial charge in [-0.1, -0.05) is 44.2 Å². The molecule has 0 unspecified atom stereocenters. The van der Waals surface area contributed by atoms with Crippen molar-refractivity contribution in [2.45, 2.75) is 19.3 Å².